The minimum absolute atomic E-state index is 0.116. The Bertz CT molecular complexity index is 845. The quantitative estimate of drug-likeness (QED) is 0.706. The number of thioether (sulfide) groups is 1. The van der Waals surface area contributed by atoms with Crippen LogP contribution >= 0.6 is 11.8 Å². The Morgan fingerprint density at radius 1 is 1.25 bits per heavy atom. The first kappa shape index (κ1) is 19.7. The molecule has 0 aromatic heterocycles. The third-order valence-corrected chi connectivity index (χ3v) is 8.08. The van der Waals surface area contributed by atoms with Crippen molar-refractivity contribution in [2.24, 2.45) is 5.92 Å². The average molecular weight is 401 g/mol. The minimum atomic E-state index is -0.772. The van der Waals surface area contributed by atoms with Crippen molar-refractivity contribution >= 4 is 28.6 Å². The van der Waals surface area contributed by atoms with Gasteiger partial charge in [0.25, 0.3) is 0 Å². The van der Waals surface area contributed by atoms with Crippen LogP contribution in [-0.2, 0) is 31.0 Å². The lowest BCUT2D eigenvalue weighted by atomic mass is 9.59. The van der Waals surface area contributed by atoms with Crippen LogP contribution < -0.4 is 0 Å². The van der Waals surface area contributed by atoms with Crippen LogP contribution in [0.4, 0.5) is 0 Å². The number of carbonyl (C=O) groups is 3. The lowest BCUT2D eigenvalue weighted by Gasteiger charge is -2.42. The van der Waals surface area contributed by atoms with Gasteiger partial charge in [0.05, 0.1) is 18.9 Å². The van der Waals surface area contributed by atoms with E-state index in [1.54, 1.807) is 0 Å². The Labute approximate surface area is 170 Å². The summed E-state index contributed by atoms with van der Waals surface area (Å²) in [6.45, 7) is 3.99. The molecule has 3 aliphatic carbocycles. The third kappa shape index (κ3) is 2.85. The predicted molar refractivity (Wildman–Crippen MR) is 110 cm³/mol. The smallest absolute Gasteiger partial charge is 0.306 e. The molecule has 0 aliphatic heterocycles. The number of methoxy groups -OCH3 is 1. The molecule has 0 radical (unpaired) electrons. The molecule has 28 heavy (non-hydrogen) atoms. The van der Waals surface area contributed by atoms with Crippen LogP contribution in [0.1, 0.15) is 80.0 Å². The monoisotopic (exact) mass is 400 g/mol. The van der Waals surface area contributed by atoms with Crippen LogP contribution in [-0.4, -0.2) is 29.7 Å². The van der Waals surface area contributed by atoms with E-state index in [0.29, 0.717) is 12.3 Å². The van der Waals surface area contributed by atoms with Crippen molar-refractivity contribution in [3.63, 3.8) is 0 Å². The van der Waals surface area contributed by atoms with Crippen LogP contribution in [0.15, 0.2) is 12.1 Å². The van der Waals surface area contributed by atoms with E-state index in [-0.39, 0.29) is 35.1 Å². The Kier molecular flexibility index (Phi) is 5.15. The number of ether oxygens (including phenoxy) is 1. The predicted octanol–water partition coefficient (Wildman–Crippen LogP) is 4.28. The van der Waals surface area contributed by atoms with Crippen molar-refractivity contribution < 1.29 is 19.1 Å². The highest BCUT2D eigenvalue weighted by molar-refractivity contribution is 8.13. The van der Waals surface area contributed by atoms with Crippen LogP contribution in [0.2, 0.25) is 0 Å². The van der Waals surface area contributed by atoms with Crippen molar-refractivity contribution in [3.05, 3.63) is 34.4 Å². The van der Waals surface area contributed by atoms with Gasteiger partial charge in [-0.3, -0.25) is 14.4 Å². The lowest BCUT2D eigenvalue weighted by Crippen LogP contribution is -2.47. The molecule has 0 N–H and O–H groups in total. The van der Waals surface area contributed by atoms with Gasteiger partial charge < -0.3 is 4.74 Å². The molecule has 4 atom stereocenters. The molecule has 1 aromatic carbocycles. The summed E-state index contributed by atoms with van der Waals surface area (Å²) in [7, 11) is 1.39. The topological polar surface area (TPSA) is 60.4 Å². The second-order valence-corrected chi connectivity index (χ2v) is 9.80. The van der Waals surface area contributed by atoms with E-state index in [2.05, 4.69) is 12.1 Å². The van der Waals surface area contributed by atoms with E-state index in [1.165, 1.54) is 30.0 Å². The first-order chi connectivity index (χ1) is 13.4. The summed E-state index contributed by atoms with van der Waals surface area (Å²) in [5.41, 5.74) is 4.06. The number of Topliss-reactive ketones (excluding diaryl/α,β-unsaturated/α-hetero) is 1. The number of ketones is 1. The number of hydrogen-bond acceptors (Lipinski definition) is 5. The van der Waals surface area contributed by atoms with Crippen molar-refractivity contribution in [2.45, 2.75) is 69.6 Å². The molecule has 0 bridgehead atoms. The molecule has 0 spiro atoms. The number of hydrogen-bond donors (Lipinski definition) is 0. The fraction of sp³-hybridized carbons (Fsp3) is 0.609. The summed E-state index contributed by atoms with van der Waals surface area (Å²) < 4.78 is 4.89. The SMILES string of the molecule is CCSC(=O)[C@H]1CC[C@H]2CCc3ccc4c(c32)[C@@]1(C)C(=O)C[C@@H]4CC(=O)OC. The van der Waals surface area contributed by atoms with E-state index in [9.17, 15) is 14.4 Å². The summed E-state index contributed by atoms with van der Waals surface area (Å²) in [6.07, 6.45) is 4.41. The maximum atomic E-state index is 13.6. The Morgan fingerprint density at radius 2 is 2.04 bits per heavy atom. The molecule has 0 saturated heterocycles. The van der Waals surface area contributed by atoms with E-state index in [4.69, 9.17) is 4.74 Å². The molecule has 4 rings (SSSR count). The van der Waals surface area contributed by atoms with Crippen LogP contribution in [0, 0.1) is 5.92 Å². The summed E-state index contributed by atoms with van der Waals surface area (Å²) in [4.78, 5) is 38.6. The maximum absolute atomic E-state index is 13.6. The number of rotatable bonds is 4. The van der Waals surface area contributed by atoms with Crippen LogP contribution in [0.3, 0.4) is 0 Å². The zero-order valence-corrected chi connectivity index (χ0v) is 17.7. The second-order valence-electron chi connectivity index (χ2n) is 8.53. The van der Waals surface area contributed by atoms with Crippen molar-refractivity contribution in [3.8, 4) is 0 Å². The zero-order chi connectivity index (χ0) is 20.1. The van der Waals surface area contributed by atoms with Crippen molar-refractivity contribution in [1.29, 1.82) is 0 Å². The second kappa shape index (κ2) is 7.33. The van der Waals surface area contributed by atoms with Crippen molar-refractivity contribution in [2.75, 3.05) is 12.9 Å². The summed E-state index contributed by atoms with van der Waals surface area (Å²) >= 11 is 1.34. The standard InChI is InChI=1S/C23H28O4S/c1-4-28-22(26)17-10-8-14-6-5-13-7-9-16-15(12-19(25)27-3)11-18(24)23(17,2)21(16)20(13)14/h7,9,14-15,17H,4-6,8,10-12H2,1-3H3/t14-,15-,17-,23-/m1/s1. The Hall–Kier alpha value is -1.62. The first-order valence-electron chi connectivity index (χ1n) is 10.3. The maximum Gasteiger partial charge on any atom is 0.306 e. The van der Waals surface area contributed by atoms with Gasteiger partial charge in [0.15, 0.2) is 5.12 Å². The molecular formula is C23H28O4S. The number of benzene rings is 1. The molecule has 3 aliphatic rings. The van der Waals surface area contributed by atoms with Gasteiger partial charge in [-0.2, -0.15) is 0 Å². The first-order valence-corrected chi connectivity index (χ1v) is 11.3. The van der Waals surface area contributed by atoms with Crippen LogP contribution in [0.25, 0.3) is 0 Å². The van der Waals surface area contributed by atoms with Gasteiger partial charge in [0, 0.05) is 18.3 Å². The van der Waals surface area contributed by atoms with Gasteiger partial charge >= 0.3 is 5.97 Å². The highest BCUT2D eigenvalue weighted by Gasteiger charge is 2.54. The van der Waals surface area contributed by atoms with Gasteiger partial charge in [0.1, 0.15) is 5.78 Å². The fourth-order valence-electron chi connectivity index (χ4n) is 5.82. The molecule has 4 nitrogen and oxygen atoms in total. The van der Waals surface area contributed by atoms with Crippen molar-refractivity contribution in [1.82, 2.24) is 0 Å². The minimum Gasteiger partial charge on any atom is -0.469 e. The van der Waals surface area contributed by atoms with Gasteiger partial charge in [-0.1, -0.05) is 30.8 Å². The summed E-state index contributed by atoms with van der Waals surface area (Å²) in [6, 6.07) is 4.31. The van der Waals surface area contributed by atoms with Gasteiger partial charge in [-0.05, 0) is 66.5 Å². The zero-order valence-electron chi connectivity index (χ0n) is 16.9. The molecule has 5 heteroatoms. The molecular weight excluding hydrogens is 372 g/mol. The molecule has 0 heterocycles. The van der Waals surface area contributed by atoms with E-state index in [1.807, 2.05) is 13.8 Å². The van der Waals surface area contributed by atoms with Crippen LogP contribution in [0.5, 0.6) is 0 Å². The fourth-order valence-corrected chi connectivity index (χ4v) is 6.66. The highest BCUT2D eigenvalue weighted by Crippen LogP contribution is 2.56. The highest BCUT2D eigenvalue weighted by atomic mass is 32.2. The Morgan fingerprint density at radius 3 is 2.75 bits per heavy atom. The van der Waals surface area contributed by atoms with Gasteiger partial charge in [-0.25, -0.2) is 0 Å². The van der Waals surface area contributed by atoms with E-state index in [0.717, 1.165) is 42.6 Å². The number of aryl methyl sites for hydroxylation is 1. The lowest BCUT2D eigenvalue weighted by molar-refractivity contribution is -0.141. The molecule has 0 unspecified atom stereocenters. The largest absolute Gasteiger partial charge is 0.469 e. The molecule has 0 saturated carbocycles. The summed E-state index contributed by atoms with van der Waals surface area (Å²) in [5, 5.41) is 0.147. The number of esters is 1. The third-order valence-electron chi connectivity index (χ3n) is 7.22. The number of carbonyl (C=O) groups excluding carboxylic acids is 3. The molecule has 0 fully saturated rings. The van der Waals surface area contributed by atoms with Gasteiger partial charge in [0.2, 0.25) is 0 Å². The molecule has 1 aromatic rings. The normalized spacial score (nSPS) is 30.5. The Balaban J connectivity index is 1.91. The van der Waals surface area contributed by atoms with Gasteiger partial charge in [-0.15, -0.1) is 0 Å². The summed E-state index contributed by atoms with van der Waals surface area (Å²) in [5.74, 6) is 0.562. The van der Waals surface area contributed by atoms with E-state index < -0.39 is 5.41 Å². The average Bonchev–Trinajstić information content (AvgIpc) is 3.02. The van der Waals surface area contributed by atoms with E-state index >= 15 is 0 Å². The molecule has 150 valence electrons. The molecule has 0 amide bonds.